The molecule has 23 heavy (non-hydrogen) atoms. The summed E-state index contributed by atoms with van der Waals surface area (Å²) in [5, 5.41) is 8.10. The topological polar surface area (TPSA) is 83.5 Å². The summed E-state index contributed by atoms with van der Waals surface area (Å²) < 4.78 is 23.1. The molecule has 128 valence electrons. The number of carbonyl (C=O) groups excluding carboxylic acids is 1. The molecule has 0 spiro atoms. The maximum atomic E-state index is 12.4. The van der Waals surface area contributed by atoms with Gasteiger partial charge in [0.15, 0.2) is 21.3 Å². The Balaban J connectivity index is 2.02. The molecule has 1 aliphatic heterocycles. The summed E-state index contributed by atoms with van der Waals surface area (Å²) >= 11 is 0. The molecule has 1 atom stereocenters. The molecule has 0 N–H and O–H groups in total. The highest BCUT2D eigenvalue weighted by molar-refractivity contribution is 7.91. The van der Waals surface area contributed by atoms with E-state index in [1.807, 2.05) is 11.9 Å². The Morgan fingerprint density at radius 1 is 1.30 bits per heavy atom. The van der Waals surface area contributed by atoms with Crippen LogP contribution < -0.4 is 4.90 Å². The molecule has 1 aromatic heterocycles. The largest absolute Gasteiger partial charge is 0.358 e. The maximum absolute atomic E-state index is 12.4. The molecular formula is C15H24N4O3S. The number of anilines is 1. The second kappa shape index (κ2) is 7.25. The monoisotopic (exact) mass is 340 g/mol. The normalized spacial score (nSPS) is 19.5. The van der Waals surface area contributed by atoms with Crippen molar-refractivity contribution in [3.8, 4) is 0 Å². The summed E-state index contributed by atoms with van der Waals surface area (Å²) in [5.74, 6) is 0.603. The first-order valence-corrected chi connectivity index (χ1v) is 9.68. The third kappa shape index (κ3) is 4.40. The average molecular weight is 340 g/mol. The van der Waals surface area contributed by atoms with Gasteiger partial charge in [0.2, 0.25) is 0 Å². The molecule has 0 aliphatic carbocycles. The number of aromatic nitrogens is 2. The Bertz CT molecular complexity index is 645. The molecule has 7 nitrogen and oxygen atoms in total. The first-order chi connectivity index (χ1) is 10.8. The van der Waals surface area contributed by atoms with E-state index in [9.17, 15) is 13.2 Å². The van der Waals surface area contributed by atoms with Crippen LogP contribution in [0.25, 0.3) is 0 Å². The second-order valence-electron chi connectivity index (χ2n) is 6.02. The molecular weight excluding hydrogens is 316 g/mol. The molecule has 1 amide bonds. The van der Waals surface area contributed by atoms with E-state index in [4.69, 9.17) is 0 Å². The van der Waals surface area contributed by atoms with Crippen LogP contribution in [0, 0.1) is 0 Å². The predicted molar refractivity (Wildman–Crippen MR) is 89.4 cm³/mol. The van der Waals surface area contributed by atoms with Gasteiger partial charge in [-0.05, 0) is 25.0 Å². The molecule has 0 bridgehead atoms. The van der Waals surface area contributed by atoms with Crippen LogP contribution in [-0.4, -0.2) is 67.6 Å². The fraction of sp³-hybridized carbons (Fsp3) is 0.667. The molecule has 1 saturated heterocycles. The zero-order valence-electron chi connectivity index (χ0n) is 13.9. The summed E-state index contributed by atoms with van der Waals surface area (Å²) in [5.41, 5.74) is 0.240. The Hall–Kier alpha value is -1.70. The lowest BCUT2D eigenvalue weighted by Gasteiger charge is -2.23. The highest BCUT2D eigenvalue weighted by Crippen LogP contribution is 2.18. The molecule has 1 aromatic rings. The van der Waals surface area contributed by atoms with Crippen molar-refractivity contribution in [2.24, 2.45) is 0 Å². The third-order valence-corrected chi connectivity index (χ3v) is 5.93. The van der Waals surface area contributed by atoms with Gasteiger partial charge in [-0.3, -0.25) is 4.79 Å². The summed E-state index contributed by atoms with van der Waals surface area (Å²) in [6, 6.07) is 3.14. The second-order valence-corrected chi connectivity index (χ2v) is 8.25. The van der Waals surface area contributed by atoms with Crippen molar-refractivity contribution in [1.82, 2.24) is 15.1 Å². The lowest BCUT2D eigenvalue weighted by molar-refractivity contribution is 0.0740. The molecule has 1 unspecified atom stereocenters. The van der Waals surface area contributed by atoms with Crippen molar-refractivity contribution in [3.63, 3.8) is 0 Å². The highest BCUT2D eigenvalue weighted by Gasteiger charge is 2.33. The van der Waals surface area contributed by atoms with E-state index >= 15 is 0 Å². The number of hydrogen-bond acceptors (Lipinski definition) is 6. The summed E-state index contributed by atoms with van der Waals surface area (Å²) in [6.07, 6.45) is 2.65. The quantitative estimate of drug-likeness (QED) is 0.767. The van der Waals surface area contributed by atoms with Crippen molar-refractivity contribution in [3.05, 3.63) is 17.8 Å². The van der Waals surface area contributed by atoms with E-state index < -0.39 is 9.84 Å². The Morgan fingerprint density at radius 3 is 2.57 bits per heavy atom. The van der Waals surface area contributed by atoms with E-state index in [0.717, 1.165) is 25.2 Å². The van der Waals surface area contributed by atoms with Crippen LogP contribution in [0.2, 0.25) is 0 Å². The smallest absolute Gasteiger partial charge is 0.274 e. The Labute approximate surface area is 137 Å². The van der Waals surface area contributed by atoms with Gasteiger partial charge in [0, 0.05) is 26.7 Å². The minimum absolute atomic E-state index is 0.0283. The number of rotatable bonds is 6. The number of hydrogen-bond donors (Lipinski definition) is 0. The van der Waals surface area contributed by atoms with Crippen LogP contribution in [0.15, 0.2) is 12.1 Å². The van der Waals surface area contributed by atoms with E-state index in [1.165, 1.54) is 4.90 Å². The van der Waals surface area contributed by atoms with Crippen molar-refractivity contribution < 1.29 is 13.2 Å². The Kier molecular flexibility index (Phi) is 5.56. The van der Waals surface area contributed by atoms with Gasteiger partial charge in [-0.1, -0.05) is 13.3 Å². The average Bonchev–Trinajstić information content (AvgIpc) is 2.91. The van der Waals surface area contributed by atoms with Crippen LogP contribution >= 0.6 is 0 Å². The Morgan fingerprint density at radius 2 is 2.04 bits per heavy atom. The van der Waals surface area contributed by atoms with Gasteiger partial charge in [0.25, 0.3) is 5.91 Å². The van der Waals surface area contributed by atoms with Crippen LogP contribution in [0.5, 0.6) is 0 Å². The number of sulfone groups is 1. The zero-order chi connectivity index (χ0) is 17.0. The molecule has 0 aromatic carbocycles. The molecule has 1 fully saturated rings. The van der Waals surface area contributed by atoms with Crippen molar-refractivity contribution in [2.75, 3.05) is 37.0 Å². The van der Waals surface area contributed by atoms with Crippen LogP contribution in [0.1, 0.15) is 36.7 Å². The van der Waals surface area contributed by atoms with Gasteiger partial charge >= 0.3 is 0 Å². The third-order valence-electron chi connectivity index (χ3n) is 4.18. The van der Waals surface area contributed by atoms with Crippen molar-refractivity contribution >= 4 is 21.6 Å². The van der Waals surface area contributed by atoms with Crippen LogP contribution in [0.3, 0.4) is 0 Å². The van der Waals surface area contributed by atoms with Crippen LogP contribution in [-0.2, 0) is 9.84 Å². The summed E-state index contributed by atoms with van der Waals surface area (Å²) in [4.78, 5) is 15.9. The van der Waals surface area contributed by atoms with E-state index in [2.05, 4.69) is 17.1 Å². The van der Waals surface area contributed by atoms with E-state index in [-0.39, 0.29) is 29.1 Å². The van der Waals surface area contributed by atoms with E-state index in [0.29, 0.717) is 6.42 Å². The number of unbranched alkanes of at least 4 members (excludes halogenated alkanes) is 1. The maximum Gasteiger partial charge on any atom is 0.274 e. The summed E-state index contributed by atoms with van der Waals surface area (Å²) in [7, 11) is 0.543. The fourth-order valence-electron chi connectivity index (χ4n) is 2.58. The minimum Gasteiger partial charge on any atom is -0.358 e. The zero-order valence-corrected chi connectivity index (χ0v) is 14.7. The molecule has 1 aliphatic rings. The van der Waals surface area contributed by atoms with Gasteiger partial charge in [-0.15, -0.1) is 10.2 Å². The lowest BCUT2D eigenvalue weighted by Crippen LogP contribution is -2.38. The lowest BCUT2D eigenvalue weighted by atomic mass is 10.2. The number of carbonyl (C=O) groups is 1. The van der Waals surface area contributed by atoms with Crippen molar-refractivity contribution in [2.45, 2.75) is 32.2 Å². The van der Waals surface area contributed by atoms with Crippen LogP contribution in [0.4, 0.5) is 5.82 Å². The van der Waals surface area contributed by atoms with Gasteiger partial charge in [0.1, 0.15) is 0 Å². The molecule has 8 heteroatoms. The van der Waals surface area contributed by atoms with Gasteiger partial charge in [-0.25, -0.2) is 8.42 Å². The van der Waals surface area contributed by atoms with Gasteiger partial charge < -0.3 is 9.80 Å². The highest BCUT2D eigenvalue weighted by atomic mass is 32.2. The number of amides is 1. The fourth-order valence-corrected chi connectivity index (χ4v) is 4.35. The SMILES string of the molecule is CCCCN(C)c1ccc(C(=O)N(C)C2CCS(=O)(=O)C2)nn1. The van der Waals surface area contributed by atoms with E-state index in [1.54, 1.807) is 19.2 Å². The summed E-state index contributed by atoms with van der Waals surface area (Å²) in [6.45, 7) is 3.01. The minimum atomic E-state index is -3.02. The predicted octanol–water partition coefficient (Wildman–Crippen LogP) is 0.972. The molecule has 0 saturated carbocycles. The standard InChI is InChI=1S/C15H24N4O3S/c1-4-5-9-18(2)14-7-6-13(16-17-14)15(20)19(3)12-8-10-23(21,22)11-12/h6-7,12H,4-5,8-11H2,1-3H3. The molecule has 2 heterocycles. The first-order valence-electron chi connectivity index (χ1n) is 7.86. The van der Waals surface area contributed by atoms with Gasteiger partial charge in [0.05, 0.1) is 11.5 Å². The molecule has 2 rings (SSSR count). The van der Waals surface area contributed by atoms with Crippen molar-refractivity contribution in [1.29, 1.82) is 0 Å². The van der Waals surface area contributed by atoms with Gasteiger partial charge in [-0.2, -0.15) is 0 Å². The molecule has 0 radical (unpaired) electrons. The first kappa shape index (κ1) is 17.7. The number of nitrogens with zero attached hydrogens (tertiary/aromatic N) is 4.